The number of halogens is 3. The molecule has 0 saturated heterocycles. The standard InChI is InChI=1S/C22H23F3N4OS/c1-3-14-5-7-15(8-6-14)18-10-19(22(23,24)25)29-20(28-18)17(12-27-29)21(30)26-11-16-9-4-13(2)31-16/h4-9,12,18-19,28H,3,10-11H2,1-2H3,(H,26,30)/t18-,19+/m0/s1. The molecule has 5 nitrogen and oxygen atoms in total. The highest BCUT2D eigenvalue weighted by atomic mass is 32.1. The van der Waals surface area contributed by atoms with Gasteiger partial charge in [-0.1, -0.05) is 31.2 Å². The second kappa shape index (κ2) is 8.37. The quantitative estimate of drug-likeness (QED) is 0.549. The van der Waals surface area contributed by atoms with Gasteiger partial charge in [-0.15, -0.1) is 11.3 Å². The Morgan fingerprint density at radius 3 is 2.61 bits per heavy atom. The Hall–Kier alpha value is -2.81. The van der Waals surface area contributed by atoms with E-state index in [9.17, 15) is 18.0 Å². The molecule has 2 N–H and O–H groups in total. The minimum absolute atomic E-state index is 0.0954. The third-order valence-corrected chi connectivity index (χ3v) is 6.49. The SMILES string of the molecule is CCc1ccc([C@@H]2C[C@H](C(F)(F)F)n3ncc(C(=O)NCc4ccc(C)s4)c3N2)cc1. The molecule has 3 heterocycles. The number of hydrogen-bond donors (Lipinski definition) is 2. The zero-order chi connectivity index (χ0) is 22.2. The van der Waals surface area contributed by atoms with E-state index < -0.39 is 24.2 Å². The molecule has 2 atom stereocenters. The topological polar surface area (TPSA) is 59.0 Å². The number of nitrogens with zero attached hydrogens (tertiary/aromatic N) is 2. The Labute approximate surface area is 182 Å². The molecule has 3 aromatic rings. The van der Waals surface area contributed by atoms with E-state index in [1.54, 1.807) is 11.3 Å². The molecule has 4 rings (SSSR count). The molecule has 0 spiro atoms. The maximum atomic E-state index is 13.8. The van der Waals surface area contributed by atoms with Gasteiger partial charge in [0.15, 0.2) is 6.04 Å². The summed E-state index contributed by atoms with van der Waals surface area (Å²) in [6.45, 7) is 4.31. The lowest BCUT2D eigenvalue weighted by atomic mass is 9.95. The number of thiophene rings is 1. The molecule has 0 saturated carbocycles. The van der Waals surface area contributed by atoms with Crippen molar-refractivity contribution in [2.24, 2.45) is 0 Å². The second-order valence-corrected chi connectivity index (χ2v) is 9.00. The fourth-order valence-electron chi connectivity index (χ4n) is 3.78. The Morgan fingerprint density at radius 2 is 2.00 bits per heavy atom. The molecular weight excluding hydrogens is 425 g/mol. The maximum absolute atomic E-state index is 13.8. The Bertz CT molecular complexity index is 1070. The van der Waals surface area contributed by atoms with Crippen LogP contribution in [0.25, 0.3) is 0 Å². The minimum atomic E-state index is -4.48. The van der Waals surface area contributed by atoms with Crippen LogP contribution in [-0.4, -0.2) is 21.9 Å². The number of carbonyl (C=O) groups is 1. The van der Waals surface area contributed by atoms with Gasteiger partial charge in [-0.2, -0.15) is 18.3 Å². The van der Waals surface area contributed by atoms with Crippen LogP contribution in [0.4, 0.5) is 19.0 Å². The van der Waals surface area contributed by atoms with E-state index in [0.717, 1.165) is 32.0 Å². The van der Waals surface area contributed by atoms with Crippen molar-refractivity contribution in [1.29, 1.82) is 0 Å². The summed E-state index contributed by atoms with van der Waals surface area (Å²) < 4.78 is 42.4. The number of anilines is 1. The van der Waals surface area contributed by atoms with Crippen LogP contribution in [0.2, 0.25) is 0 Å². The van der Waals surface area contributed by atoms with Crippen LogP contribution < -0.4 is 10.6 Å². The molecule has 1 aliphatic heterocycles. The van der Waals surface area contributed by atoms with Crippen LogP contribution in [0.1, 0.15) is 56.7 Å². The lowest BCUT2D eigenvalue weighted by Gasteiger charge is -2.34. The molecule has 31 heavy (non-hydrogen) atoms. The van der Waals surface area contributed by atoms with Crippen LogP contribution in [0, 0.1) is 6.92 Å². The van der Waals surface area contributed by atoms with Crippen molar-refractivity contribution in [1.82, 2.24) is 15.1 Å². The second-order valence-electron chi connectivity index (χ2n) is 7.63. The van der Waals surface area contributed by atoms with E-state index in [4.69, 9.17) is 0 Å². The van der Waals surface area contributed by atoms with Crippen LogP contribution in [0.15, 0.2) is 42.6 Å². The molecule has 1 aliphatic rings. The molecule has 164 valence electrons. The number of aryl methyl sites for hydroxylation is 2. The maximum Gasteiger partial charge on any atom is 0.410 e. The highest BCUT2D eigenvalue weighted by Gasteiger charge is 2.47. The first-order chi connectivity index (χ1) is 14.8. The van der Waals surface area contributed by atoms with Crippen molar-refractivity contribution in [3.63, 3.8) is 0 Å². The summed E-state index contributed by atoms with van der Waals surface area (Å²) in [4.78, 5) is 14.9. The van der Waals surface area contributed by atoms with Crippen LogP contribution in [0.5, 0.6) is 0 Å². The van der Waals surface area contributed by atoms with Gasteiger partial charge < -0.3 is 10.6 Å². The molecule has 0 radical (unpaired) electrons. The average molecular weight is 449 g/mol. The zero-order valence-corrected chi connectivity index (χ0v) is 18.0. The van der Waals surface area contributed by atoms with Gasteiger partial charge >= 0.3 is 6.18 Å². The molecule has 0 aliphatic carbocycles. The molecule has 2 aromatic heterocycles. The summed E-state index contributed by atoms with van der Waals surface area (Å²) in [5.41, 5.74) is 1.97. The van der Waals surface area contributed by atoms with Gasteiger partial charge in [-0.3, -0.25) is 4.79 Å². The van der Waals surface area contributed by atoms with Gasteiger partial charge in [0.2, 0.25) is 0 Å². The lowest BCUT2D eigenvalue weighted by Crippen LogP contribution is -2.36. The molecular formula is C22H23F3N4OS. The van der Waals surface area contributed by atoms with Gasteiger partial charge in [-0.05, 0) is 36.6 Å². The molecule has 9 heteroatoms. The van der Waals surface area contributed by atoms with Crippen LogP contribution in [0.3, 0.4) is 0 Å². The van der Waals surface area contributed by atoms with E-state index in [-0.39, 0.29) is 17.8 Å². The van der Waals surface area contributed by atoms with Crippen molar-refractivity contribution in [3.05, 3.63) is 69.0 Å². The van der Waals surface area contributed by atoms with E-state index in [1.807, 2.05) is 50.2 Å². The molecule has 0 bridgehead atoms. The van der Waals surface area contributed by atoms with Crippen molar-refractivity contribution in [2.75, 3.05) is 5.32 Å². The predicted octanol–water partition coefficient (Wildman–Crippen LogP) is 5.41. The summed E-state index contributed by atoms with van der Waals surface area (Å²) in [6.07, 6.45) is -2.62. The minimum Gasteiger partial charge on any atom is -0.363 e. The third kappa shape index (κ3) is 4.46. The third-order valence-electron chi connectivity index (χ3n) is 5.49. The van der Waals surface area contributed by atoms with Crippen molar-refractivity contribution >= 4 is 23.1 Å². The summed E-state index contributed by atoms with van der Waals surface area (Å²) in [6, 6.07) is 9.02. The van der Waals surface area contributed by atoms with Crippen molar-refractivity contribution in [3.8, 4) is 0 Å². The number of nitrogens with one attached hydrogen (secondary N) is 2. The summed E-state index contributed by atoms with van der Waals surface area (Å²) in [5, 5.41) is 9.83. The number of carbonyl (C=O) groups excluding carboxylic acids is 1. The molecule has 1 aromatic carbocycles. The lowest BCUT2D eigenvalue weighted by molar-refractivity contribution is -0.173. The van der Waals surface area contributed by atoms with E-state index in [1.165, 1.54) is 6.20 Å². The number of alkyl halides is 3. The highest BCUT2D eigenvalue weighted by molar-refractivity contribution is 7.11. The number of fused-ring (bicyclic) bond motifs is 1. The zero-order valence-electron chi connectivity index (χ0n) is 17.2. The molecule has 1 amide bonds. The highest BCUT2D eigenvalue weighted by Crippen LogP contribution is 2.44. The number of rotatable bonds is 5. The van der Waals surface area contributed by atoms with Gasteiger partial charge in [0.25, 0.3) is 5.91 Å². The van der Waals surface area contributed by atoms with Gasteiger partial charge in [0.1, 0.15) is 11.4 Å². The summed E-state index contributed by atoms with van der Waals surface area (Å²) >= 11 is 1.56. The van der Waals surface area contributed by atoms with Gasteiger partial charge in [0.05, 0.1) is 18.8 Å². The van der Waals surface area contributed by atoms with E-state index >= 15 is 0 Å². The predicted molar refractivity (Wildman–Crippen MR) is 114 cm³/mol. The molecule has 0 unspecified atom stereocenters. The largest absolute Gasteiger partial charge is 0.410 e. The monoisotopic (exact) mass is 448 g/mol. The smallest absolute Gasteiger partial charge is 0.363 e. The van der Waals surface area contributed by atoms with Crippen molar-refractivity contribution in [2.45, 2.75) is 51.5 Å². The normalized spacial score (nSPS) is 18.4. The Morgan fingerprint density at radius 1 is 1.26 bits per heavy atom. The van der Waals surface area contributed by atoms with E-state index in [2.05, 4.69) is 15.7 Å². The average Bonchev–Trinajstić information content (AvgIpc) is 3.36. The Balaban J connectivity index is 1.61. The van der Waals surface area contributed by atoms with Crippen molar-refractivity contribution < 1.29 is 18.0 Å². The number of amides is 1. The molecule has 0 fully saturated rings. The van der Waals surface area contributed by atoms with E-state index in [0.29, 0.717) is 6.54 Å². The summed E-state index contributed by atoms with van der Waals surface area (Å²) in [5.74, 6) is -0.360. The van der Waals surface area contributed by atoms with Crippen LogP contribution in [-0.2, 0) is 13.0 Å². The first-order valence-electron chi connectivity index (χ1n) is 10.1. The Kier molecular flexibility index (Phi) is 5.79. The fourth-order valence-corrected chi connectivity index (χ4v) is 4.61. The first kappa shape index (κ1) is 21.4. The van der Waals surface area contributed by atoms with Gasteiger partial charge in [0, 0.05) is 16.2 Å². The number of aromatic nitrogens is 2. The number of benzene rings is 1. The van der Waals surface area contributed by atoms with Crippen LogP contribution >= 0.6 is 11.3 Å². The van der Waals surface area contributed by atoms with Gasteiger partial charge in [-0.25, -0.2) is 4.68 Å². The fraction of sp³-hybridized carbons (Fsp3) is 0.364. The number of hydrogen-bond acceptors (Lipinski definition) is 4. The first-order valence-corrected chi connectivity index (χ1v) is 10.9. The summed E-state index contributed by atoms with van der Waals surface area (Å²) in [7, 11) is 0.